The number of aliphatic hydroxyl groups is 2. The van der Waals surface area contributed by atoms with Gasteiger partial charge in [-0.1, -0.05) is 11.2 Å². The van der Waals surface area contributed by atoms with Crippen LogP contribution in [0.3, 0.4) is 0 Å². The molecule has 178 valence electrons. The molecule has 9 heteroatoms. The smallest absolute Gasteiger partial charge is 0.346 e. The fourth-order valence-corrected chi connectivity index (χ4v) is 4.78. The van der Waals surface area contributed by atoms with E-state index < -0.39 is 17.2 Å². The Morgan fingerprint density at radius 1 is 1.15 bits per heavy atom. The van der Waals surface area contributed by atoms with Crippen LogP contribution in [0.25, 0.3) is 0 Å². The van der Waals surface area contributed by atoms with Crippen molar-refractivity contribution < 1.29 is 24.3 Å². The van der Waals surface area contributed by atoms with Crippen molar-refractivity contribution in [3.05, 3.63) is 45.8 Å². The molecule has 0 aliphatic heterocycles. The van der Waals surface area contributed by atoms with Crippen molar-refractivity contribution in [1.29, 1.82) is 0 Å². The number of carbonyl (C=O) groups is 1. The summed E-state index contributed by atoms with van der Waals surface area (Å²) in [5, 5.41) is 31.9. The number of hydrogen-bond acceptors (Lipinski definition) is 7. The highest BCUT2D eigenvalue weighted by molar-refractivity contribution is 7.80. The summed E-state index contributed by atoms with van der Waals surface area (Å²) in [7, 11) is 0. The van der Waals surface area contributed by atoms with Gasteiger partial charge < -0.3 is 30.1 Å². The van der Waals surface area contributed by atoms with Crippen LogP contribution in [-0.4, -0.2) is 39.6 Å². The van der Waals surface area contributed by atoms with Crippen LogP contribution in [0.1, 0.15) is 67.3 Å². The number of ether oxygens (including phenoxy) is 1. The lowest BCUT2D eigenvalue weighted by Crippen LogP contribution is -2.48. The summed E-state index contributed by atoms with van der Waals surface area (Å²) in [6, 6.07) is 3.70. The zero-order chi connectivity index (χ0) is 23.8. The Morgan fingerprint density at radius 3 is 2.33 bits per heavy atom. The van der Waals surface area contributed by atoms with E-state index in [1.54, 1.807) is 6.92 Å². The largest absolute Gasteiger partial charge is 0.463 e. The van der Waals surface area contributed by atoms with Gasteiger partial charge in [0.15, 0.2) is 10.9 Å². The van der Waals surface area contributed by atoms with Gasteiger partial charge in [-0.25, -0.2) is 4.79 Å². The molecular weight excluding hydrogens is 442 g/mol. The molecule has 4 N–H and O–H groups in total. The zero-order valence-electron chi connectivity index (χ0n) is 19.3. The van der Waals surface area contributed by atoms with Crippen LogP contribution in [0.5, 0.6) is 0 Å². The molecule has 1 unspecified atom stereocenters. The predicted molar refractivity (Wildman–Crippen MR) is 127 cm³/mol. The van der Waals surface area contributed by atoms with E-state index in [0.717, 1.165) is 44.2 Å². The Hall–Kier alpha value is -2.49. The number of fused-ring (bicyclic) bond motifs is 2. The highest BCUT2D eigenvalue weighted by Gasteiger charge is 2.44. The molecule has 1 heterocycles. The summed E-state index contributed by atoms with van der Waals surface area (Å²) in [4.78, 5) is 12.7. The number of thiocarbonyl (C=S) groups is 1. The van der Waals surface area contributed by atoms with E-state index in [0.29, 0.717) is 5.11 Å². The third-order valence-electron chi connectivity index (χ3n) is 6.37. The molecule has 8 nitrogen and oxygen atoms in total. The van der Waals surface area contributed by atoms with Crippen LogP contribution in [0, 0.1) is 0 Å². The Labute approximate surface area is 198 Å². The summed E-state index contributed by atoms with van der Waals surface area (Å²) >= 11 is 5.54. The fraction of sp³-hybridized carbons (Fsp3) is 0.542. The molecule has 1 aromatic heterocycles. The number of aromatic nitrogens is 1. The molecule has 0 radical (unpaired) electrons. The first-order valence-electron chi connectivity index (χ1n) is 11.4. The lowest BCUT2D eigenvalue weighted by atomic mass is 9.97. The second-order valence-corrected chi connectivity index (χ2v) is 9.67. The maximum Gasteiger partial charge on any atom is 0.346 e. The standard InChI is InChI=1S/C24H31N3O5S/c1-4-31-21(28)24(30,18-12-19(32-27-18)23(2,3)29)13-25-22(33)26-20-16-9-5-7-14(16)11-15-8-6-10-17(15)20/h11-12,29-30H,4-10,13H2,1-3H3,(H2,25,26,33). The van der Waals surface area contributed by atoms with E-state index in [-0.39, 0.29) is 24.6 Å². The number of hydrogen-bond donors (Lipinski definition) is 4. The highest BCUT2D eigenvalue weighted by Crippen LogP contribution is 2.38. The Morgan fingerprint density at radius 2 is 1.79 bits per heavy atom. The minimum absolute atomic E-state index is 0.0603. The quantitative estimate of drug-likeness (QED) is 0.356. The van der Waals surface area contributed by atoms with Gasteiger partial charge in [-0.15, -0.1) is 0 Å². The molecular formula is C24H31N3O5S. The SMILES string of the molecule is CCOC(=O)C(O)(CNC(=S)Nc1c2c(cc3c1CCC3)CCC2)c1cc(C(C)(C)O)on1. The lowest BCUT2D eigenvalue weighted by Gasteiger charge is -2.25. The van der Waals surface area contributed by atoms with Gasteiger partial charge in [0.2, 0.25) is 5.60 Å². The minimum Gasteiger partial charge on any atom is -0.463 e. The highest BCUT2D eigenvalue weighted by atomic mass is 32.1. The van der Waals surface area contributed by atoms with Gasteiger partial charge in [-0.2, -0.15) is 0 Å². The van der Waals surface area contributed by atoms with Crippen molar-refractivity contribution in [2.45, 2.75) is 70.5 Å². The van der Waals surface area contributed by atoms with Crippen molar-refractivity contribution in [3.63, 3.8) is 0 Å². The van der Waals surface area contributed by atoms with E-state index >= 15 is 0 Å². The van der Waals surface area contributed by atoms with Crippen LogP contribution in [0.2, 0.25) is 0 Å². The molecule has 0 fully saturated rings. The van der Waals surface area contributed by atoms with Gasteiger partial charge >= 0.3 is 5.97 Å². The van der Waals surface area contributed by atoms with Crippen LogP contribution in [-0.2, 0) is 46.4 Å². The molecule has 0 bridgehead atoms. The molecule has 33 heavy (non-hydrogen) atoms. The first-order valence-corrected chi connectivity index (χ1v) is 11.8. The molecule has 1 atom stereocenters. The van der Waals surface area contributed by atoms with Gasteiger partial charge in [0.05, 0.1) is 13.2 Å². The maximum absolute atomic E-state index is 12.7. The molecule has 0 spiro atoms. The third-order valence-corrected chi connectivity index (χ3v) is 6.61. The Bertz CT molecular complexity index is 1040. The second-order valence-electron chi connectivity index (χ2n) is 9.26. The normalized spacial score (nSPS) is 16.6. The number of nitrogens with one attached hydrogen (secondary N) is 2. The van der Waals surface area contributed by atoms with E-state index in [4.69, 9.17) is 21.5 Å². The maximum atomic E-state index is 12.7. The average Bonchev–Trinajstić information content (AvgIpc) is 3.51. The van der Waals surface area contributed by atoms with Crippen molar-refractivity contribution in [2.75, 3.05) is 18.5 Å². The van der Waals surface area contributed by atoms with E-state index in [9.17, 15) is 15.0 Å². The van der Waals surface area contributed by atoms with E-state index in [2.05, 4.69) is 21.9 Å². The lowest BCUT2D eigenvalue weighted by molar-refractivity contribution is -0.166. The monoisotopic (exact) mass is 473 g/mol. The van der Waals surface area contributed by atoms with Gasteiger partial charge in [0.25, 0.3) is 0 Å². The minimum atomic E-state index is -2.14. The summed E-state index contributed by atoms with van der Waals surface area (Å²) in [5.41, 5.74) is 2.93. The summed E-state index contributed by atoms with van der Waals surface area (Å²) < 4.78 is 10.3. The van der Waals surface area contributed by atoms with Crippen LogP contribution in [0.15, 0.2) is 16.7 Å². The predicted octanol–water partition coefficient (Wildman–Crippen LogP) is 2.62. The molecule has 4 rings (SSSR count). The van der Waals surface area contributed by atoms with Gasteiger partial charge in [0.1, 0.15) is 11.3 Å². The molecule has 0 amide bonds. The van der Waals surface area contributed by atoms with E-state index in [1.807, 2.05) is 0 Å². The molecule has 0 saturated carbocycles. The topological polar surface area (TPSA) is 117 Å². The molecule has 2 aromatic rings. The van der Waals surface area contributed by atoms with Crippen LogP contribution in [0.4, 0.5) is 5.69 Å². The van der Waals surface area contributed by atoms with Crippen LogP contribution >= 0.6 is 12.2 Å². The number of carbonyl (C=O) groups excluding carboxylic acids is 1. The Balaban J connectivity index is 1.54. The average molecular weight is 474 g/mol. The molecule has 1 aromatic carbocycles. The molecule has 2 aliphatic rings. The van der Waals surface area contributed by atoms with Crippen molar-refractivity contribution in [1.82, 2.24) is 10.5 Å². The van der Waals surface area contributed by atoms with Gasteiger partial charge in [-0.3, -0.25) is 0 Å². The first kappa shape index (κ1) is 23.7. The number of benzene rings is 1. The van der Waals surface area contributed by atoms with Gasteiger partial charge in [-0.05, 0) is 93.8 Å². The second kappa shape index (κ2) is 9.04. The summed E-state index contributed by atoms with van der Waals surface area (Å²) in [6.45, 7) is 4.51. The Kier molecular flexibility index (Phi) is 6.48. The fourth-order valence-electron chi connectivity index (χ4n) is 4.61. The first-order chi connectivity index (χ1) is 15.6. The molecule has 2 aliphatic carbocycles. The summed E-state index contributed by atoms with van der Waals surface area (Å²) in [5.74, 6) is -0.756. The van der Waals surface area contributed by atoms with Crippen molar-refractivity contribution >= 4 is 29.0 Å². The number of nitrogens with zero attached hydrogens (tertiary/aromatic N) is 1. The number of esters is 1. The van der Waals surface area contributed by atoms with E-state index in [1.165, 1.54) is 42.2 Å². The van der Waals surface area contributed by atoms with Crippen molar-refractivity contribution in [3.8, 4) is 0 Å². The summed E-state index contributed by atoms with van der Waals surface area (Å²) in [6.07, 6.45) is 6.44. The zero-order valence-corrected chi connectivity index (χ0v) is 20.1. The number of aryl methyl sites for hydroxylation is 2. The molecule has 0 saturated heterocycles. The van der Waals surface area contributed by atoms with Gasteiger partial charge in [0, 0.05) is 11.8 Å². The third kappa shape index (κ3) is 4.62. The van der Waals surface area contributed by atoms with Crippen LogP contribution < -0.4 is 10.6 Å². The van der Waals surface area contributed by atoms with Crippen molar-refractivity contribution in [2.24, 2.45) is 0 Å². The number of rotatable bonds is 7. The number of anilines is 1.